The maximum Gasteiger partial charge on any atom is 0.253 e. The Hall–Kier alpha value is -3.42. The molecule has 0 aliphatic heterocycles. The number of benzene rings is 1. The molecule has 2 amide bonds. The Morgan fingerprint density at radius 1 is 1.16 bits per heavy atom. The van der Waals surface area contributed by atoms with Gasteiger partial charge in [-0.25, -0.2) is 4.98 Å². The Morgan fingerprint density at radius 2 is 2.04 bits per heavy atom. The number of hydrogen-bond acceptors (Lipinski definition) is 5. The van der Waals surface area contributed by atoms with Gasteiger partial charge in [0.2, 0.25) is 5.91 Å². The van der Waals surface area contributed by atoms with Crippen molar-refractivity contribution in [1.82, 2.24) is 20.1 Å². The SMILES string of the molecule is O=C(CCn1cncn1)Nc1ccccc1C(=O)NCc1ccco1. The number of hydrogen-bond donors (Lipinski definition) is 2. The third kappa shape index (κ3) is 4.54. The molecule has 8 heteroatoms. The molecule has 0 atom stereocenters. The van der Waals surface area contributed by atoms with Crippen LogP contribution < -0.4 is 10.6 Å². The van der Waals surface area contributed by atoms with Crippen LogP contribution in [0.25, 0.3) is 0 Å². The van der Waals surface area contributed by atoms with Gasteiger partial charge < -0.3 is 15.1 Å². The second-order valence-electron chi connectivity index (χ2n) is 5.26. The molecular weight excluding hydrogens is 322 g/mol. The number of nitrogens with zero attached hydrogens (tertiary/aromatic N) is 3. The first-order valence-electron chi connectivity index (χ1n) is 7.74. The van der Waals surface area contributed by atoms with E-state index in [2.05, 4.69) is 20.7 Å². The number of carbonyl (C=O) groups excluding carboxylic acids is 2. The van der Waals surface area contributed by atoms with Gasteiger partial charge in [-0.05, 0) is 24.3 Å². The molecule has 8 nitrogen and oxygen atoms in total. The molecule has 0 radical (unpaired) electrons. The van der Waals surface area contributed by atoms with Gasteiger partial charge in [-0.1, -0.05) is 12.1 Å². The summed E-state index contributed by atoms with van der Waals surface area (Å²) in [5, 5.41) is 9.47. The molecule has 3 aromatic rings. The zero-order chi connectivity index (χ0) is 17.5. The van der Waals surface area contributed by atoms with Crippen LogP contribution >= 0.6 is 0 Å². The quantitative estimate of drug-likeness (QED) is 0.684. The van der Waals surface area contributed by atoms with E-state index in [1.807, 2.05) is 0 Å². The van der Waals surface area contributed by atoms with Crippen LogP contribution in [0.3, 0.4) is 0 Å². The third-order valence-corrected chi connectivity index (χ3v) is 3.48. The van der Waals surface area contributed by atoms with Crippen LogP contribution in [-0.4, -0.2) is 26.6 Å². The summed E-state index contributed by atoms with van der Waals surface area (Å²) in [6.07, 6.45) is 4.73. The largest absolute Gasteiger partial charge is 0.467 e. The Labute approximate surface area is 143 Å². The van der Waals surface area contributed by atoms with Crippen LogP contribution in [0.2, 0.25) is 0 Å². The van der Waals surface area contributed by atoms with E-state index in [4.69, 9.17) is 4.42 Å². The molecule has 3 rings (SSSR count). The van der Waals surface area contributed by atoms with E-state index in [0.29, 0.717) is 23.6 Å². The smallest absolute Gasteiger partial charge is 0.253 e. The summed E-state index contributed by atoms with van der Waals surface area (Å²) in [7, 11) is 0. The van der Waals surface area contributed by atoms with E-state index in [0.717, 1.165) is 0 Å². The first-order valence-corrected chi connectivity index (χ1v) is 7.74. The number of nitrogens with one attached hydrogen (secondary N) is 2. The highest BCUT2D eigenvalue weighted by atomic mass is 16.3. The van der Waals surface area contributed by atoms with Crippen molar-refractivity contribution in [3.8, 4) is 0 Å². The Morgan fingerprint density at radius 3 is 2.80 bits per heavy atom. The zero-order valence-corrected chi connectivity index (χ0v) is 13.4. The maximum absolute atomic E-state index is 12.4. The maximum atomic E-state index is 12.4. The minimum Gasteiger partial charge on any atom is -0.467 e. The summed E-state index contributed by atoms with van der Waals surface area (Å²) in [4.78, 5) is 28.3. The Balaban J connectivity index is 1.59. The highest BCUT2D eigenvalue weighted by Crippen LogP contribution is 2.15. The molecule has 25 heavy (non-hydrogen) atoms. The molecular formula is C17H17N5O3. The van der Waals surface area contributed by atoms with E-state index in [-0.39, 0.29) is 24.8 Å². The summed E-state index contributed by atoms with van der Waals surface area (Å²) < 4.78 is 6.76. The van der Waals surface area contributed by atoms with Gasteiger partial charge in [0.1, 0.15) is 18.4 Å². The molecule has 1 aromatic carbocycles. The van der Waals surface area contributed by atoms with Crippen molar-refractivity contribution in [2.75, 3.05) is 5.32 Å². The van der Waals surface area contributed by atoms with E-state index in [9.17, 15) is 9.59 Å². The predicted molar refractivity (Wildman–Crippen MR) is 89.6 cm³/mol. The average Bonchev–Trinajstić information content (AvgIpc) is 3.32. The highest BCUT2D eigenvalue weighted by Gasteiger charge is 2.13. The van der Waals surface area contributed by atoms with Gasteiger partial charge in [0, 0.05) is 6.42 Å². The molecule has 2 N–H and O–H groups in total. The average molecular weight is 339 g/mol. The molecule has 0 aliphatic carbocycles. The number of para-hydroxylation sites is 1. The predicted octanol–water partition coefficient (Wildman–Crippen LogP) is 1.83. The number of furan rings is 1. The summed E-state index contributed by atoms with van der Waals surface area (Å²) in [5.41, 5.74) is 0.853. The minimum atomic E-state index is -0.288. The topological polar surface area (TPSA) is 102 Å². The number of rotatable bonds is 7. The van der Waals surface area contributed by atoms with E-state index in [1.54, 1.807) is 53.7 Å². The molecule has 0 saturated carbocycles. The molecule has 0 aliphatic rings. The fraction of sp³-hybridized carbons (Fsp3) is 0.176. The molecule has 0 unspecified atom stereocenters. The summed E-state index contributed by atoms with van der Waals surface area (Å²) >= 11 is 0. The number of aromatic nitrogens is 3. The zero-order valence-electron chi connectivity index (χ0n) is 13.4. The fourth-order valence-corrected chi connectivity index (χ4v) is 2.24. The minimum absolute atomic E-state index is 0.207. The summed E-state index contributed by atoms with van der Waals surface area (Å²) in [6, 6.07) is 10.4. The molecule has 128 valence electrons. The molecule has 2 heterocycles. The molecule has 0 fully saturated rings. The van der Waals surface area contributed by atoms with Crippen molar-refractivity contribution in [3.05, 3.63) is 66.6 Å². The lowest BCUT2D eigenvalue weighted by Crippen LogP contribution is -2.25. The van der Waals surface area contributed by atoms with Crippen molar-refractivity contribution in [2.24, 2.45) is 0 Å². The number of aryl methyl sites for hydroxylation is 1. The second kappa shape index (κ2) is 7.91. The van der Waals surface area contributed by atoms with Crippen molar-refractivity contribution < 1.29 is 14.0 Å². The lowest BCUT2D eigenvalue weighted by atomic mass is 10.1. The second-order valence-corrected chi connectivity index (χ2v) is 5.26. The van der Waals surface area contributed by atoms with Gasteiger partial charge in [-0.15, -0.1) is 0 Å². The first kappa shape index (κ1) is 16.4. The molecule has 0 saturated heterocycles. The van der Waals surface area contributed by atoms with Crippen molar-refractivity contribution in [1.29, 1.82) is 0 Å². The Kier molecular flexibility index (Phi) is 5.20. The van der Waals surface area contributed by atoms with Crippen molar-refractivity contribution >= 4 is 17.5 Å². The molecule has 0 spiro atoms. The molecule has 0 bridgehead atoms. The number of carbonyl (C=O) groups is 2. The van der Waals surface area contributed by atoms with Gasteiger partial charge in [-0.2, -0.15) is 5.10 Å². The van der Waals surface area contributed by atoms with Gasteiger partial charge in [0.15, 0.2) is 0 Å². The number of anilines is 1. The lowest BCUT2D eigenvalue weighted by Gasteiger charge is -2.11. The van der Waals surface area contributed by atoms with Crippen LogP contribution in [0.5, 0.6) is 0 Å². The van der Waals surface area contributed by atoms with Crippen molar-refractivity contribution in [3.63, 3.8) is 0 Å². The van der Waals surface area contributed by atoms with Crippen LogP contribution in [0, 0.1) is 0 Å². The highest BCUT2D eigenvalue weighted by molar-refractivity contribution is 6.03. The lowest BCUT2D eigenvalue weighted by molar-refractivity contribution is -0.116. The number of amides is 2. The van der Waals surface area contributed by atoms with Gasteiger partial charge in [-0.3, -0.25) is 14.3 Å². The van der Waals surface area contributed by atoms with E-state index >= 15 is 0 Å². The van der Waals surface area contributed by atoms with Gasteiger partial charge in [0.05, 0.1) is 30.6 Å². The fourth-order valence-electron chi connectivity index (χ4n) is 2.24. The summed E-state index contributed by atoms with van der Waals surface area (Å²) in [5.74, 6) is 0.160. The molecule has 2 aromatic heterocycles. The normalized spacial score (nSPS) is 10.4. The van der Waals surface area contributed by atoms with Crippen LogP contribution in [-0.2, 0) is 17.9 Å². The van der Waals surface area contributed by atoms with Gasteiger partial charge >= 0.3 is 0 Å². The van der Waals surface area contributed by atoms with Crippen LogP contribution in [0.15, 0.2) is 59.7 Å². The summed E-state index contributed by atoms with van der Waals surface area (Å²) in [6.45, 7) is 0.694. The van der Waals surface area contributed by atoms with Gasteiger partial charge in [0.25, 0.3) is 5.91 Å². The standard InChI is InChI=1S/C17H17N5O3/c23-16(7-8-22-12-18-11-20-22)21-15-6-2-1-5-14(15)17(24)19-10-13-4-3-9-25-13/h1-6,9,11-12H,7-8,10H2,(H,19,24)(H,21,23). The van der Waals surface area contributed by atoms with Crippen molar-refractivity contribution in [2.45, 2.75) is 19.5 Å². The van der Waals surface area contributed by atoms with Crippen LogP contribution in [0.4, 0.5) is 5.69 Å². The monoisotopic (exact) mass is 339 g/mol. The first-order chi connectivity index (χ1) is 12.2. The Bertz CT molecular complexity index is 828. The van der Waals surface area contributed by atoms with E-state index in [1.165, 1.54) is 6.33 Å². The third-order valence-electron chi connectivity index (χ3n) is 3.48. The van der Waals surface area contributed by atoms with Crippen LogP contribution in [0.1, 0.15) is 22.5 Å². The van der Waals surface area contributed by atoms with E-state index < -0.39 is 0 Å².